The Balaban J connectivity index is 1.74. The number of carbonyl (C=O) groups excluding carboxylic acids is 3. The molecule has 0 spiro atoms. The Morgan fingerprint density at radius 3 is 2.36 bits per heavy atom. The summed E-state index contributed by atoms with van der Waals surface area (Å²) in [5, 5.41) is 5.31. The van der Waals surface area contributed by atoms with Crippen LogP contribution in [0.3, 0.4) is 0 Å². The summed E-state index contributed by atoms with van der Waals surface area (Å²) in [6.45, 7) is 6.00. The van der Waals surface area contributed by atoms with Crippen LogP contribution in [0.1, 0.15) is 36.2 Å². The highest BCUT2D eigenvalue weighted by molar-refractivity contribution is 6.10. The number of ether oxygens (including phenoxy) is 2. The van der Waals surface area contributed by atoms with Crippen molar-refractivity contribution in [1.82, 2.24) is 15.5 Å². The molecule has 3 rings (SSSR count). The molecule has 1 fully saturated rings. The molecule has 8 nitrogen and oxygen atoms in total. The second-order valence-electron chi connectivity index (χ2n) is 8.90. The summed E-state index contributed by atoms with van der Waals surface area (Å²) < 4.78 is 24.0. The van der Waals surface area contributed by atoms with E-state index in [1.165, 1.54) is 24.3 Å². The molecule has 1 saturated heterocycles. The van der Waals surface area contributed by atoms with Gasteiger partial charge in [0.05, 0.1) is 13.2 Å². The van der Waals surface area contributed by atoms with E-state index < -0.39 is 29.6 Å². The summed E-state index contributed by atoms with van der Waals surface area (Å²) in [6.07, 6.45) is 1.18. The summed E-state index contributed by atoms with van der Waals surface area (Å²) in [7, 11) is 0. The summed E-state index contributed by atoms with van der Waals surface area (Å²) in [5.41, 5.74) is 1.08. The summed E-state index contributed by atoms with van der Waals surface area (Å²) in [5.74, 6) is -1.40. The first kappa shape index (κ1) is 26.9. The van der Waals surface area contributed by atoms with E-state index >= 15 is 0 Å². The van der Waals surface area contributed by atoms with E-state index in [4.69, 9.17) is 9.47 Å². The number of alkyl carbamates (subject to hydrolysis) is 1. The lowest BCUT2D eigenvalue weighted by atomic mass is 10.0. The van der Waals surface area contributed by atoms with Crippen LogP contribution in [0.4, 0.5) is 9.18 Å². The molecule has 2 aromatic rings. The van der Waals surface area contributed by atoms with Crippen molar-refractivity contribution in [2.24, 2.45) is 5.92 Å². The maximum Gasteiger partial charge on any atom is 0.408 e. The Labute approximate surface area is 210 Å². The van der Waals surface area contributed by atoms with Crippen LogP contribution in [0.15, 0.2) is 66.5 Å². The first-order valence-corrected chi connectivity index (χ1v) is 11.9. The fourth-order valence-electron chi connectivity index (χ4n) is 3.62. The molecule has 36 heavy (non-hydrogen) atoms. The van der Waals surface area contributed by atoms with E-state index in [1.54, 1.807) is 6.20 Å². The third kappa shape index (κ3) is 8.49. The van der Waals surface area contributed by atoms with Crippen LogP contribution >= 0.6 is 0 Å². The predicted molar refractivity (Wildman–Crippen MR) is 132 cm³/mol. The van der Waals surface area contributed by atoms with Crippen molar-refractivity contribution in [2.45, 2.75) is 32.9 Å². The van der Waals surface area contributed by atoms with Crippen molar-refractivity contribution in [1.29, 1.82) is 0 Å². The molecule has 0 radical (unpaired) electrons. The van der Waals surface area contributed by atoms with E-state index in [1.807, 2.05) is 49.1 Å². The van der Waals surface area contributed by atoms with Crippen molar-refractivity contribution >= 4 is 17.8 Å². The number of benzene rings is 2. The molecular formula is C27H32FN3O5. The zero-order chi connectivity index (χ0) is 25.9. The molecule has 0 unspecified atom stereocenters. The number of morpholine rings is 1. The van der Waals surface area contributed by atoms with E-state index in [9.17, 15) is 18.8 Å². The Morgan fingerprint density at radius 1 is 1.06 bits per heavy atom. The van der Waals surface area contributed by atoms with E-state index in [0.717, 1.165) is 5.56 Å². The first-order chi connectivity index (χ1) is 17.3. The van der Waals surface area contributed by atoms with Crippen molar-refractivity contribution < 1.29 is 28.2 Å². The number of nitrogens with zero attached hydrogens (tertiary/aromatic N) is 1. The van der Waals surface area contributed by atoms with Crippen molar-refractivity contribution in [3.8, 4) is 0 Å². The van der Waals surface area contributed by atoms with Gasteiger partial charge in [-0.3, -0.25) is 9.59 Å². The van der Waals surface area contributed by atoms with Gasteiger partial charge in [-0.1, -0.05) is 44.2 Å². The highest BCUT2D eigenvalue weighted by Crippen LogP contribution is 2.13. The second kappa shape index (κ2) is 13.4. The van der Waals surface area contributed by atoms with Gasteiger partial charge in [0, 0.05) is 24.9 Å². The number of rotatable bonds is 10. The average Bonchev–Trinajstić information content (AvgIpc) is 2.87. The number of allylic oxidation sites excluding steroid dienone is 1. The van der Waals surface area contributed by atoms with E-state index in [2.05, 4.69) is 10.6 Å². The summed E-state index contributed by atoms with van der Waals surface area (Å²) in [4.78, 5) is 40.8. The quantitative estimate of drug-likeness (QED) is 0.384. The van der Waals surface area contributed by atoms with Crippen LogP contribution in [0.2, 0.25) is 0 Å². The molecule has 0 bridgehead atoms. The number of carbonyl (C=O) groups is 3. The zero-order valence-electron chi connectivity index (χ0n) is 20.5. The average molecular weight is 498 g/mol. The topological polar surface area (TPSA) is 97.0 Å². The normalized spacial score (nSPS) is 14.8. The highest BCUT2D eigenvalue weighted by Gasteiger charge is 2.26. The molecule has 1 atom stereocenters. The molecule has 0 aromatic heterocycles. The first-order valence-electron chi connectivity index (χ1n) is 11.9. The maximum atomic E-state index is 13.4. The monoisotopic (exact) mass is 497 g/mol. The Morgan fingerprint density at radius 2 is 1.72 bits per heavy atom. The largest absolute Gasteiger partial charge is 0.445 e. The minimum atomic E-state index is -0.928. The Kier molecular flexibility index (Phi) is 10.00. The number of amides is 2. The zero-order valence-corrected chi connectivity index (χ0v) is 20.5. The lowest BCUT2D eigenvalue weighted by Gasteiger charge is -2.27. The summed E-state index contributed by atoms with van der Waals surface area (Å²) >= 11 is 0. The van der Waals surface area contributed by atoms with Gasteiger partial charge in [0.1, 0.15) is 24.2 Å². The third-order valence-electron chi connectivity index (χ3n) is 5.49. The number of hydrogen-bond donors (Lipinski definition) is 2. The molecule has 1 aliphatic heterocycles. The van der Waals surface area contributed by atoms with Crippen LogP contribution in [-0.4, -0.2) is 55.0 Å². The van der Waals surface area contributed by atoms with Crippen LogP contribution < -0.4 is 10.6 Å². The number of ketones is 1. The van der Waals surface area contributed by atoms with Crippen molar-refractivity contribution in [3.63, 3.8) is 0 Å². The predicted octanol–water partition coefficient (Wildman–Crippen LogP) is 3.64. The molecule has 2 N–H and O–H groups in total. The lowest BCUT2D eigenvalue weighted by Crippen LogP contribution is -2.48. The van der Waals surface area contributed by atoms with Gasteiger partial charge in [-0.25, -0.2) is 9.18 Å². The van der Waals surface area contributed by atoms with E-state index in [-0.39, 0.29) is 23.8 Å². The Bertz CT molecular complexity index is 1050. The second-order valence-corrected chi connectivity index (χ2v) is 8.90. The smallest absolute Gasteiger partial charge is 0.408 e. The van der Waals surface area contributed by atoms with Crippen LogP contribution in [0.5, 0.6) is 0 Å². The molecule has 0 aliphatic carbocycles. The van der Waals surface area contributed by atoms with Gasteiger partial charge in [0.15, 0.2) is 0 Å². The summed E-state index contributed by atoms with van der Waals surface area (Å²) in [6, 6.07) is 13.4. The fraction of sp³-hybridized carbons (Fsp3) is 0.370. The van der Waals surface area contributed by atoms with Gasteiger partial charge in [0.25, 0.3) is 0 Å². The van der Waals surface area contributed by atoms with Gasteiger partial charge in [-0.05, 0) is 42.2 Å². The van der Waals surface area contributed by atoms with Gasteiger partial charge in [-0.2, -0.15) is 0 Å². The van der Waals surface area contributed by atoms with Crippen LogP contribution in [0, 0.1) is 11.7 Å². The molecule has 9 heteroatoms. The maximum absolute atomic E-state index is 13.4. The third-order valence-corrected chi connectivity index (χ3v) is 5.49. The molecule has 0 saturated carbocycles. The van der Waals surface area contributed by atoms with Crippen molar-refractivity contribution in [3.05, 3.63) is 83.4 Å². The van der Waals surface area contributed by atoms with Gasteiger partial charge < -0.3 is 25.0 Å². The SMILES string of the molecule is CC(C)C[C@H](NC(=O)OCc1ccccc1)C(=O)NC(=CN1CCOCC1)C(=O)c1ccc(F)cc1. The van der Waals surface area contributed by atoms with Crippen LogP contribution in [0.25, 0.3) is 0 Å². The van der Waals surface area contributed by atoms with Gasteiger partial charge >= 0.3 is 6.09 Å². The molecule has 192 valence electrons. The highest BCUT2D eigenvalue weighted by atomic mass is 19.1. The lowest BCUT2D eigenvalue weighted by molar-refractivity contribution is -0.122. The minimum absolute atomic E-state index is 0.0294. The molecule has 1 heterocycles. The molecule has 2 amide bonds. The van der Waals surface area contributed by atoms with Crippen molar-refractivity contribution in [2.75, 3.05) is 26.3 Å². The molecule has 1 aliphatic rings. The van der Waals surface area contributed by atoms with Crippen LogP contribution in [-0.2, 0) is 20.9 Å². The Hall–Kier alpha value is -3.72. The fourth-order valence-corrected chi connectivity index (χ4v) is 3.62. The minimum Gasteiger partial charge on any atom is -0.445 e. The number of hydrogen-bond acceptors (Lipinski definition) is 6. The number of nitrogens with one attached hydrogen (secondary N) is 2. The molecular weight excluding hydrogens is 465 g/mol. The number of Topliss-reactive ketones (excluding diaryl/α,β-unsaturated/α-hetero) is 1. The van der Waals surface area contributed by atoms with Gasteiger partial charge in [0.2, 0.25) is 11.7 Å². The van der Waals surface area contributed by atoms with Gasteiger partial charge in [-0.15, -0.1) is 0 Å². The van der Waals surface area contributed by atoms with E-state index in [0.29, 0.717) is 32.7 Å². The standard InChI is InChI=1S/C27H32FN3O5/c1-19(2)16-23(30-27(34)36-18-20-6-4-3-5-7-20)26(33)29-24(17-31-12-14-35-15-13-31)25(32)21-8-10-22(28)11-9-21/h3-11,17,19,23H,12-16,18H2,1-2H3,(H,29,33)(H,30,34)/t23-/m0/s1. The molecule has 2 aromatic carbocycles. The number of halogens is 1.